The number of anilines is 1. The molecule has 2 aliphatic heterocycles. The Morgan fingerprint density at radius 1 is 1.33 bits per heavy atom. The molecule has 2 saturated heterocycles. The van der Waals surface area contributed by atoms with Crippen LogP contribution in [0.1, 0.15) is 0 Å². The molecule has 0 aliphatic carbocycles. The third-order valence-electron chi connectivity index (χ3n) is 4.07. The molecule has 1 amide bonds. The van der Waals surface area contributed by atoms with Crippen LogP contribution < -0.4 is 10.2 Å². The van der Waals surface area contributed by atoms with E-state index in [4.69, 9.17) is 4.74 Å². The summed E-state index contributed by atoms with van der Waals surface area (Å²) in [6.07, 6.45) is 2.56. The molecule has 0 bridgehead atoms. The third kappa shape index (κ3) is 3.42. The lowest BCUT2D eigenvalue weighted by atomic mass is 10.2. The lowest BCUT2D eigenvalue weighted by Gasteiger charge is -2.38. The highest BCUT2D eigenvalue weighted by Gasteiger charge is 2.37. The minimum Gasteiger partial charge on any atom is -0.378 e. The molecule has 2 fully saturated rings. The topological polar surface area (TPSA) is 91.8 Å². The highest BCUT2D eigenvalue weighted by atomic mass is 32.2. The number of rotatable bonds is 5. The minimum absolute atomic E-state index is 0.160. The molecule has 2 aliphatic rings. The molecule has 1 aromatic heterocycles. The van der Waals surface area contributed by atoms with Gasteiger partial charge in [-0.05, 0) is 18.2 Å². The Hall–Kier alpha value is -1.97. The molecule has 0 spiro atoms. The fourth-order valence-corrected chi connectivity index (χ4v) is 4.12. The summed E-state index contributed by atoms with van der Waals surface area (Å²) in [5, 5.41) is 2.67. The summed E-state index contributed by atoms with van der Waals surface area (Å²) in [4.78, 5) is 17.7. The average Bonchev–Trinajstić information content (AvgIpc) is 2.58. The van der Waals surface area contributed by atoms with Crippen LogP contribution in [0.5, 0.6) is 0 Å². The summed E-state index contributed by atoms with van der Waals surface area (Å²) in [5.41, 5.74) is 0. The molecule has 9 heteroatoms. The van der Waals surface area contributed by atoms with Crippen LogP contribution in [0.15, 0.2) is 35.9 Å². The number of carbonyl (C=O) groups is 1. The SMILES string of the molecule is C=CC(=O)NC1CN(S(=O)(=O)c2ccc(N3CCOCC3)nc2)C1. The van der Waals surface area contributed by atoms with Crippen LogP contribution in [0.25, 0.3) is 0 Å². The first-order valence-electron chi connectivity index (χ1n) is 7.72. The normalized spacial score (nSPS) is 19.6. The molecule has 0 aromatic carbocycles. The number of ether oxygens (including phenoxy) is 1. The number of carbonyl (C=O) groups excluding carboxylic acids is 1. The second-order valence-corrected chi connectivity index (χ2v) is 7.62. The Morgan fingerprint density at radius 2 is 2.04 bits per heavy atom. The van der Waals surface area contributed by atoms with E-state index in [9.17, 15) is 13.2 Å². The van der Waals surface area contributed by atoms with Gasteiger partial charge in [0.1, 0.15) is 10.7 Å². The zero-order valence-corrected chi connectivity index (χ0v) is 14.0. The van der Waals surface area contributed by atoms with Crippen molar-refractivity contribution in [3.63, 3.8) is 0 Å². The van der Waals surface area contributed by atoms with Gasteiger partial charge in [0.2, 0.25) is 15.9 Å². The van der Waals surface area contributed by atoms with Gasteiger partial charge in [0.15, 0.2) is 0 Å². The Bertz CT molecular complexity index is 707. The molecule has 8 nitrogen and oxygen atoms in total. The van der Waals surface area contributed by atoms with Gasteiger partial charge in [-0.1, -0.05) is 6.58 Å². The fourth-order valence-electron chi connectivity index (χ4n) is 2.64. The molecule has 3 heterocycles. The Morgan fingerprint density at radius 3 is 2.62 bits per heavy atom. The van der Waals surface area contributed by atoms with Gasteiger partial charge in [-0.3, -0.25) is 4.79 Å². The first-order valence-corrected chi connectivity index (χ1v) is 9.16. The van der Waals surface area contributed by atoms with Crippen LogP contribution >= 0.6 is 0 Å². The molecule has 130 valence electrons. The van der Waals surface area contributed by atoms with Crippen molar-refractivity contribution in [2.45, 2.75) is 10.9 Å². The molecular weight excluding hydrogens is 332 g/mol. The van der Waals surface area contributed by atoms with Gasteiger partial charge in [-0.2, -0.15) is 4.31 Å². The van der Waals surface area contributed by atoms with Crippen molar-refractivity contribution in [2.24, 2.45) is 0 Å². The molecule has 1 aromatic rings. The lowest BCUT2D eigenvalue weighted by Crippen LogP contribution is -2.60. The second-order valence-electron chi connectivity index (χ2n) is 5.68. The number of hydrogen-bond donors (Lipinski definition) is 1. The van der Waals surface area contributed by atoms with Crippen LogP contribution in [0.3, 0.4) is 0 Å². The highest BCUT2D eigenvalue weighted by molar-refractivity contribution is 7.89. The van der Waals surface area contributed by atoms with E-state index in [1.54, 1.807) is 12.1 Å². The zero-order valence-electron chi connectivity index (χ0n) is 13.2. The van der Waals surface area contributed by atoms with Crippen LogP contribution in [0, 0.1) is 0 Å². The smallest absolute Gasteiger partial charge is 0.244 e. The van der Waals surface area contributed by atoms with Crippen molar-refractivity contribution >= 4 is 21.7 Å². The fraction of sp³-hybridized carbons (Fsp3) is 0.467. The van der Waals surface area contributed by atoms with E-state index in [0.717, 1.165) is 18.9 Å². The maximum atomic E-state index is 12.5. The van der Waals surface area contributed by atoms with Gasteiger partial charge in [0.25, 0.3) is 0 Å². The predicted molar refractivity (Wildman–Crippen MR) is 88.2 cm³/mol. The van der Waals surface area contributed by atoms with E-state index in [1.807, 2.05) is 0 Å². The summed E-state index contributed by atoms with van der Waals surface area (Å²) >= 11 is 0. The molecule has 0 radical (unpaired) electrons. The van der Waals surface area contributed by atoms with Crippen molar-refractivity contribution in [1.82, 2.24) is 14.6 Å². The summed E-state index contributed by atoms with van der Waals surface area (Å²) < 4.78 is 31.7. The van der Waals surface area contributed by atoms with Crippen LogP contribution in [-0.4, -0.2) is 69.0 Å². The number of aromatic nitrogens is 1. The van der Waals surface area contributed by atoms with Crippen LogP contribution in [0.4, 0.5) is 5.82 Å². The molecular formula is C15H20N4O4S. The van der Waals surface area contributed by atoms with E-state index < -0.39 is 10.0 Å². The number of amides is 1. The Labute approximate surface area is 141 Å². The average molecular weight is 352 g/mol. The van der Waals surface area contributed by atoms with Crippen molar-refractivity contribution in [3.8, 4) is 0 Å². The predicted octanol–water partition coefficient (Wildman–Crippen LogP) is -0.407. The van der Waals surface area contributed by atoms with Gasteiger partial charge in [-0.15, -0.1) is 0 Å². The summed E-state index contributed by atoms with van der Waals surface area (Å²) in [6.45, 7) is 6.67. The number of pyridine rings is 1. The summed E-state index contributed by atoms with van der Waals surface area (Å²) in [5.74, 6) is 0.450. The number of sulfonamides is 1. The molecule has 1 N–H and O–H groups in total. The van der Waals surface area contributed by atoms with Gasteiger partial charge in [0, 0.05) is 32.4 Å². The minimum atomic E-state index is -3.57. The number of nitrogens with one attached hydrogen (secondary N) is 1. The molecule has 0 unspecified atom stereocenters. The number of morpholine rings is 1. The van der Waals surface area contributed by atoms with E-state index in [0.29, 0.717) is 13.2 Å². The van der Waals surface area contributed by atoms with Crippen molar-refractivity contribution in [2.75, 3.05) is 44.3 Å². The summed E-state index contributed by atoms with van der Waals surface area (Å²) in [7, 11) is -3.57. The van der Waals surface area contributed by atoms with E-state index >= 15 is 0 Å². The maximum Gasteiger partial charge on any atom is 0.244 e. The first-order chi connectivity index (χ1) is 11.5. The maximum absolute atomic E-state index is 12.5. The van der Waals surface area contributed by atoms with E-state index in [1.165, 1.54) is 16.6 Å². The monoisotopic (exact) mass is 352 g/mol. The van der Waals surface area contributed by atoms with Gasteiger partial charge >= 0.3 is 0 Å². The van der Waals surface area contributed by atoms with Gasteiger partial charge in [0.05, 0.1) is 19.3 Å². The number of hydrogen-bond acceptors (Lipinski definition) is 6. The standard InChI is InChI=1S/C15H20N4O4S/c1-2-15(20)17-12-10-19(11-12)24(21,22)13-3-4-14(16-9-13)18-5-7-23-8-6-18/h2-4,9,12H,1,5-8,10-11H2,(H,17,20). The quantitative estimate of drug-likeness (QED) is 0.725. The highest BCUT2D eigenvalue weighted by Crippen LogP contribution is 2.23. The van der Waals surface area contributed by atoms with Crippen LogP contribution in [0.2, 0.25) is 0 Å². The second kappa shape index (κ2) is 6.88. The third-order valence-corrected chi connectivity index (χ3v) is 5.89. The molecule has 0 atom stereocenters. The largest absolute Gasteiger partial charge is 0.378 e. The number of nitrogens with zero attached hydrogens (tertiary/aromatic N) is 3. The Balaban J connectivity index is 1.63. The van der Waals surface area contributed by atoms with E-state index in [2.05, 4.69) is 21.8 Å². The van der Waals surface area contributed by atoms with Gasteiger partial charge in [-0.25, -0.2) is 13.4 Å². The van der Waals surface area contributed by atoms with Crippen molar-refractivity contribution < 1.29 is 17.9 Å². The van der Waals surface area contributed by atoms with Gasteiger partial charge < -0.3 is 15.0 Å². The molecule has 0 saturated carbocycles. The lowest BCUT2D eigenvalue weighted by molar-refractivity contribution is -0.117. The molecule has 3 rings (SSSR count). The van der Waals surface area contributed by atoms with Crippen molar-refractivity contribution in [3.05, 3.63) is 31.0 Å². The van der Waals surface area contributed by atoms with E-state index in [-0.39, 0.29) is 29.9 Å². The summed E-state index contributed by atoms with van der Waals surface area (Å²) in [6, 6.07) is 3.11. The first kappa shape index (κ1) is 16.9. The van der Waals surface area contributed by atoms with Crippen molar-refractivity contribution in [1.29, 1.82) is 0 Å². The Kier molecular flexibility index (Phi) is 4.83. The molecule has 24 heavy (non-hydrogen) atoms. The van der Waals surface area contributed by atoms with Crippen LogP contribution in [-0.2, 0) is 19.6 Å². The zero-order chi connectivity index (χ0) is 17.2.